The average molecular weight is 401 g/mol. The van der Waals surface area contributed by atoms with Crippen LogP contribution in [0.1, 0.15) is 95.5 Å². The summed E-state index contributed by atoms with van der Waals surface area (Å²) in [6, 6.07) is 8.93. The van der Waals surface area contributed by atoms with Gasteiger partial charge in [0.15, 0.2) is 11.9 Å². The molecular formula is C23H36N4O2. The highest BCUT2D eigenvalue weighted by molar-refractivity contribution is 5.78. The predicted octanol–water partition coefficient (Wildman–Crippen LogP) is 5.29. The Hall–Kier alpha value is -2.24. The van der Waals surface area contributed by atoms with Crippen molar-refractivity contribution in [3.63, 3.8) is 0 Å². The third kappa shape index (κ3) is 7.95. The van der Waals surface area contributed by atoms with E-state index in [1.807, 2.05) is 37.3 Å². The second-order valence-corrected chi connectivity index (χ2v) is 7.54. The van der Waals surface area contributed by atoms with E-state index in [9.17, 15) is 4.79 Å². The molecule has 6 heteroatoms. The normalized spacial score (nSPS) is 12.1. The highest BCUT2D eigenvalue weighted by atomic mass is 16.5. The highest BCUT2D eigenvalue weighted by Gasteiger charge is 2.27. The van der Waals surface area contributed by atoms with Crippen molar-refractivity contribution < 1.29 is 9.53 Å². The third-order valence-corrected chi connectivity index (χ3v) is 5.18. The van der Waals surface area contributed by atoms with E-state index in [1.165, 1.54) is 51.4 Å². The Labute approximate surface area is 175 Å². The molecule has 29 heavy (non-hydrogen) atoms. The van der Waals surface area contributed by atoms with Crippen LogP contribution in [-0.2, 0) is 16.0 Å². The SMILES string of the molecule is CCCCCCCCCCCCc1nnnn1C(C(=O)OCC)c1ccccc1. The van der Waals surface area contributed by atoms with Crippen LogP contribution in [0.4, 0.5) is 0 Å². The number of esters is 1. The van der Waals surface area contributed by atoms with Gasteiger partial charge in [0.2, 0.25) is 0 Å². The monoisotopic (exact) mass is 400 g/mol. The Morgan fingerprint density at radius 2 is 1.55 bits per heavy atom. The van der Waals surface area contributed by atoms with Crippen LogP contribution >= 0.6 is 0 Å². The van der Waals surface area contributed by atoms with E-state index in [1.54, 1.807) is 4.68 Å². The van der Waals surface area contributed by atoms with Crippen molar-refractivity contribution in [1.82, 2.24) is 20.2 Å². The molecule has 160 valence electrons. The molecule has 0 aliphatic carbocycles. The van der Waals surface area contributed by atoms with Gasteiger partial charge >= 0.3 is 5.97 Å². The lowest BCUT2D eigenvalue weighted by Gasteiger charge is -2.17. The molecule has 2 rings (SSSR count). The molecule has 0 fully saturated rings. The zero-order chi connectivity index (χ0) is 20.7. The molecule has 0 radical (unpaired) electrons. The standard InChI is InChI=1S/C23H36N4O2/c1-3-5-6-7-8-9-10-11-12-16-19-21-24-25-26-27(21)22(23(28)29-4-2)20-17-14-13-15-18-20/h13-15,17-18,22H,3-12,16,19H2,1-2H3. The van der Waals surface area contributed by atoms with Crippen molar-refractivity contribution in [2.45, 2.75) is 90.5 Å². The predicted molar refractivity (Wildman–Crippen MR) is 115 cm³/mol. The van der Waals surface area contributed by atoms with Gasteiger partial charge in [-0.3, -0.25) is 0 Å². The van der Waals surface area contributed by atoms with E-state index < -0.39 is 6.04 Å². The maximum absolute atomic E-state index is 12.6. The number of aryl methyl sites for hydroxylation is 1. The zero-order valence-corrected chi connectivity index (χ0v) is 18.1. The van der Waals surface area contributed by atoms with Gasteiger partial charge in [-0.05, 0) is 29.3 Å². The number of hydrogen-bond acceptors (Lipinski definition) is 5. The number of benzene rings is 1. The fourth-order valence-electron chi connectivity index (χ4n) is 3.58. The molecule has 0 spiro atoms. The van der Waals surface area contributed by atoms with E-state index >= 15 is 0 Å². The van der Waals surface area contributed by atoms with Gasteiger partial charge in [0, 0.05) is 6.42 Å². The van der Waals surface area contributed by atoms with E-state index in [0.717, 1.165) is 30.7 Å². The van der Waals surface area contributed by atoms with Gasteiger partial charge in [-0.2, -0.15) is 0 Å². The number of ether oxygens (including phenoxy) is 1. The molecule has 1 heterocycles. The molecule has 6 nitrogen and oxygen atoms in total. The van der Waals surface area contributed by atoms with Crippen molar-refractivity contribution in [2.75, 3.05) is 6.61 Å². The third-order valence-electron chi connectivity index (χ3n) is 5.18. The van der Waals surface area contributed by atoms with Crippen LogP contribution in [-0.4, -0.2) is 32.8 Å². The van der Waals surface area contributed by atoms with Gasteiger partial charge in [0.25, 0.3) is 0 Å². The minimum Gasteiger partial charge on any atom is -0.464 e. The van der Waals surface area contributed by atoms with Crippen LogP contribution in [0.5, 0.6) is 0 Å². The molecule has 0 amide bonds. The largest absolute Gasteiger partial charge is 0.464 e. The first kappa shape index (κ1) is 23.0. The Morgan fingerprint density at radius 1 is 0.931 bits per heavy atom. The Balaban J connectivity index is 1.83. The van der Waals surface area contributed by atoms with Crippen molar-refractivity contribution in [3.8, 4) is 0 Å². The van der Waals surface area contributed by atoms with Crippen molar-refractivity contribution in [1.29, 1.82) is 0 Å². The van der Waals surface area contributed by atoms with Crippen LogP contribution in [0.25, 0.3) is 0 Å². The van der Waals surface area contributed by atoms with E-state index in [-0.39, 0.29) is 5.97 Å². The molecule has 1 atom stereocenters. The molecule has 0 aliphatic heterocycles. The average Bonchev–Trinajstić information content (AvgIpc) is 3.18. The summed E-state index contributed by atoms with van der Waals surface area (Å²) >= 11 is 0. The van der Waals surface area contributed by atoms with E-state index in [2.05, 4.69) is 22.4 Å². The first-order valence-electron chi connectivity index (χ1n) is 11.3. The van der Waals surface area contributed by atoms with Gasteiger partial charge in [-0.25, -0.2) is 9.48 Å². The number of aromatic nitrogens is 4. The van der Waals surface area contributed by atoms with Gasteiger partial charge in [-0.1, -0.05) is 95.0 Å². The summed E-state index contributed by atoms with van der Waals surface area (Å²) in [6.07, 6.45) is 13.6. The topological polar surface area (TPSA) is 69.9 Å². The minimum absolute atomic E-state index is 0.324. The maximum atomic E-state index is 12.6. The number of hydrogen-bond donors (Lipinski definition) is 0. The smallest absolute Gasteiger partial charge is 0.335 e. The fourth-order valence-corrected chi connectivity index (χ4v) is 3.58. The van der Waals surface area contributed by atoms with Crippen molar-refractivity contribution >= 4 is 5.97 Å². The van der Waals surface area contributed by atoms with E-state index in [0.29, 0.717) is 6.61 Å². The van der Waals surface area contributed by atoms with E-state index in [4.69, 9.17) is 4.74 Å². The summed E-state index contributed by atoms with van der Waals surface area (Å²) in [4.78, 5) is 12.6. The molecular weight excluding hydrogens is 364 g/mol. The van der Waals surface area contributed by atoms with Gasteiger partial charge in [-0.15, -0.1) is 5.10 Å². The molecule has 0 N–H and O–H groups in total. The van der Waals surface area contributed by atoms with Crippen molar-refractivity contribution in [2.24, 2.45) is 0 Å². The number of carbonyl (C=O) groups excluding carboxylic acids is 1. The summed E-state index contributed by atoms with van der Waals surface area (Å²) in [7, 11) is 0. The first-order valence-corrected chi connectivity index (χ1v) is 11.3. The highest BCUT2D eigenvalue weighted by Crippen LogP contribution is 2.21. The summed E-state index contributed by atoms with van der Waals surface area (Å²) in [6.45, 7) is 4.40. The Bertz CT molecular complexity index is 687. The molecule has 0 bridgehead atoms. The molecule has 0 saturated heterocycles. The summed E-state index contributed by atoms with van der Waals surface area (Å²) in [5.74, 6) is 0.418. The van der Waals surface area contributed by atoms with Crippen LogP contribution < -0.4 is 0 Å². The number of tetrazole rings is 1. The molecule has 1 aromatic carbocycles. The lowest BCUT2D eigenvalue weighted by Crippen LogP contribution is -2.26. The summed E-state index contributed by atoms with van der Waals surface area (Å²) in [5.41, 5.74) is 0.836. The van der Waals surface area contributed by atoms with Crippen LogP contribution in [0, 0.1) is 0 Å². The second-order valence-electron chi connectivity index (χ2n) is 7.54. The van der Waals surface area contributed by atoms with Gasteiger partial charge in [0.05, 0.1) is 6.61 Å². The van der Waals surface area contributed by atoms with Crippen LogP contribution in [0.3, 0.4) is 0 Å². The quantitative estimate of drug-likeness (QED) is 0.300. The fraction of sp³-hybridized carbons (Fsp3) is 0.652. The number of rotatable bonds is 15. The second kappa shape index (κ2) is 13.9. The summed E-state index contributed by atoms with van der Waals surface area (Å²) < 4.78 is 6.91. The Morgan fingerprint density at radius 3 is 2.17 bits per heavy atom. The first-order chi connectivity index (χ1) is 14.3. The molecule has 1 unspecified atom stereocenters. The lowest BCUT2D eigenvalue weighted by molar-refractivity contribution is -0.146. The molecule has 2 aromatic rings. The number of carbonyl (C=O) groups is 1. The minimum atomic E-state index is -0.635. The molecule has 0 aliphatic rings. The van der Waals surface area contributed by atoms with Crippen LogP contribution in [0.15, 0.2) is 30.3 Å². The van der Waals surface area contributed by atoms with Crippen molar-refractivity contribution in [3.05, 3.63) is 41.7 Å². The number of unbranched alkanes of at least 4 members (excludes halogenated alkanes) is 9. The molecule has 0 saturated carbocycles. The van der Waals surface area contributed by atoms with Crippen LogP contribution in [0.2, 0.25) is 0 Å². The Kier molecular flexibility index (Phi) is 11.0. The maximum Gasteiger partial charge on any atom is 0.335 e. The summed E-state index contributed by atoms with van der Waals surface area (Å²) in [5, 5.41) is 12.1. The van der Waals surface area contributed by atoms with Gasteiger partial charge < -0.3 is 4.74 Å². The lowest BCUT2D eigenvalue weighted by atomic mass is 10.1. The van der Waals surface area contributed by atoms with Gasteiger partial charge in [0.1, 0.15) is 0 Å². The number of nitrogens with zero attached hydrogens (tertiary/aromatic N) is 4. The zero-order valence-electron chi connectivity index (χ0n) is 18.1. The molecule has 1 aromatic heterocycles.